The first-order valence-electron chi connectivity index (χ1n) is 5.35. The third-order valence-corrected chi connectivity index (χ3v) is 2.19. The Labute approximate surface area is 111 Å². The number of carbonyl (C=O) groups excluding carboxylic acids is 1. The Bertz CT molecular complexity index is 510. The summed E-state index contributed by atoms with van der Waals surface area (Å²) in [4.78, 5) is 22.2. The highest BCUT2D eigenvalue weighted by molar-refractivity contribution is 6.07. The van der Waals surface area contributed by atoms with Crippen LogP contribution in [0.5, 0.6) is 11.5 Å². The topological polar surface area (TPSA) is 72.8 Å². The van der Waals surface area contributed by atoms with E-state index in [9.17, 15) is 22.8 Å². The van der Waals surface area contributed by atoms with Gasteiger partial charge in [-0.2, -0.15) is 13.2 Å². The number of carboxylic acids is 1. The summed E-state index contributed by atoms with van der Waals surface area (Å²) >= 11 is 0. The number of hydrogen-bond donors (Lipinski definition) is 1. The molecule has 0 saturated carbocycles. The fourth-order valence-electron chi connectivity index (χ4n) is 1.37. The van der Waals surface area contributed by atoms with Gasteiger partial charge in [-0.05, 0) is 18.2 Å². The van der Waals surface area contributed by atoms with E-state index in [-0.39, 0.29) is 17.1 Å². The monoisotopic (exact) mass is 292 g/mol. The highest BCUT2D eigenvalue weighted by Gasteiger charge is 2.29. The smallest absolute Gasteiger partial charge is 0.422 e. The number of alkyl halides is 3. The van der Waals surface area contributed by atoms with Crippen LogP contribution in [0.4, 0.5) is 13.2 Å². The zero-order chi connectivity index (χ0) is 15.3. The number of aliphatic carboxylic acids is 1. The van der Waals surface area contributed by atoms with Gasteiger partial charge in [0.1, 0.15) is 17.9 Å². The van der Waals surface area contributed by atoms with Crippen molar-refractivity contribution in [2.75, 3.05) is 13.7 Å². The minimum absolute atomic E-state index is 0.207. The van der Waals surface area contributed by atoms with Crippen LogP contribution in [0, 0.1) is 0 Å². The van der Waals surface area contributed by atoms with Crippen molar-refractivity contribution in [2.24, 2.45) is 0 Å². The number of ketones is 1. The Morgan fingerprint density at radius 3 is 2.45 bits per heavy atom. The molecule has 0 aromatic heterocycles. The highest BCUT2D eigenvalue weighted by atomic mass is 19.4. The lowest BCUT2D eigenvalue weighted by Crippen LogP contribution is -2.20. The van der Waals surface area contributed by atoms with Gasteiger partial charge in [-0.3, -0.25) is 9.59 Å². The Kier molecular flexibility index (Phi) is 4.95. The molecule has 0 aliphatic rings. The summed E-state index contributed by atoms with van der Waals surface area (Å²) in [6.07, 6.45) is -5.41. The molecule has 0 fully saturated rings. The first-order valence-corrected chi connectivity index (χ1v) is 5.35. The molecule has 0 amide bonds. The van der Waals surface area contributed by atoms with E-state index < -0.39 is 31.0 Å². The van der Waals surface area contributed by atoms with Crippen molar-refractivity contribution in [1.82, 2.24) is 0 Å². The van der Waals surface area contributed by atoms with Crippen LogP contribution in [0.1, 0.15) is 16.8 Å². The van der Waals surface area contributed by atoms with E-state index in [1.165, 1.54) is 13.2 Å². The first kappa shape index (κ1) is 15.8. The Balaban J connectivity index is 3.03. The predicted octanol–water partition coefficient (Wildman–Crippen LogP) is 2.29. The molecule has 8 heteroatoms. The van der Waals surface area contributed by atoms with E-state index in [2.05, 4.69) is 4.74 Å². The number of carbonyl (C=O) groups is 2. The number of carboxylic acid groups (broad SMARTS) is 1. The fraction of sp³-hybridized carbons (Fsp3) is 0.333. The summed E-state index contributed by atoms with van der Waals surface area (Å²) in [5, 5.41) is 8.55. The SMILES string of the molecule is COc1ccc(OCC(F)(F)F)c(C(=O)CC(=O)O)c1. The molecular weight excluding hydrogens is 281 g/mol. The van der Waals surface area contributed by atoms with Crippen molar-refractivity contribution >= 4 is 11.8 Å². The van der Waals surface area contributed by atoms with Crippen molar-refractivity contribution in [2.45, 2.75) is 12.6 Å². The van der Waals surface area contributed by atoms with E-state index in [1.807, 2.05) is 0 Å². The van der Waals surface area contributed by atoms with Gasteiger partial charge >= 0.3 is 12.1 Å². The molecule has 1 rings (SSSR count). The predicted molar refractivity (Wildman–Crippen MR) is 61.1 cm³/mol. The third kappa shape index (κ3) is 4.79. The zero-order valence-corrected chi connectivity index (χ0v) is 10.4. The molecule has 1 aromatic carbocycles. The van der Waals surface area contributed by atoms with Crippen LogP contribution in [0.15, 0.2) is 18.2 Å². The number of hydrogen-bond acceptors (Lipinski definition) is 4. The van der Waals surface area contributed by atoms with Crippen LogP contribution < -0.4 is 9.47 Å². The molecule has 0 heterocycles. The molecule has 0 bridgehead atoms. The van der Waals surface area contributed by atoms with Gasteiger partial charge in [-0.1, -0.05) is 0 Å². The zero-order valence-electron chi connectivity index (χ0n) is 10.4. The maximum Gasteiger partial charge on any atom is 0.422 e. The van der Waals surface area contributed by atoms with Crippen LogP contribution in [-0.4, -0.2) is 36.8 Å². The largest absolute Gasteiger partial charge is 0.497 e. The van der Waals surface area contributed by atoms with Gasteiger partial charge in [-0.15, -0.1) is 0 Å². The fourth-order valence-corrected chi connectivity index (χ4v) is 1.37. The number of ether oxygens (including phenoxy) is 2. The molecule has 0 saturated heterocycles. The number of Topliss-reactive ketones (excluding diaryl/α,β-unsaturated/α-hetero) is 1. The van der Waals surface area contributed by atoms with Crippen molar-refractivity contribution < 1.29 is 37.3 Å². The minimum atomic E-state index is -4.56. The second-order valence-corrected chi connectivity index (χ2v) is 3.76. The number of methoxy groups -OCH3 is 1. The molecule has 1 N–H and O–H groups in total. The average Bonchev–Trinajstić information content (AvgIpc) is 2.34. The van der Waals surface area contributed by atoms with Gasteiger partial charge in [0.15, 0.2) is 12.4 Å². The van der Waals surface area contributed by atoms with Gasteiger partial charge in [0, 0.05) is 0 Å². The van der Waals surface area contributed by atoms with Gasteiger partial charge in [0.2, 0.25) is 0 Å². The molecule has 5 nitrogen and oxygen atoms in total. The minimum Gasteiger partial charge on any atom is -0.497 e. The highest BCUT2D eigenvalue weighted by Crippen LogP contribution is 2.27. The number of rotatable bonds is 6. The van der Waals surface area contributed by atoms with Crippen molar-refractivity contribution in [1.29, 1.82) is 0 Å². The van der Waals surface area contributed by atoms with E-state index in [0.717, 1.165) is 12.1 Å². The quantitative estimate of drug-likeness (QED) is 0.643. The van der Waals surface area contributed by atoms with Crippen LogP contribution in [-0.2, 0) is 4.79 Å². The molecule has 0 atom stereocenters. The molecule has 0 aliphatic carbocycles. The van der Waals surface area contributed by atoms with Crippen LogP contribution in [0.25, 0.3) is 0 Å². The van der Waals surface area contributed by atoms with Gasteiger partial charge in [0.05, 0.1) is 12.7 Å². The lowest BCUT2D eigenvalue weighted by molar-refractivity contribution is -0.153. The third-order valence-electron chi connectivity index (χ3n) is 2.19. The Morgan fingerprint density at radius 1 is 1.30 bits per heavy atom. The lowest BCUT2D eigenvalue weighted by atomic mass is 10.1. The molecular formula is C12H11F3O5. The molecule has 20 heavy (non-hydrogen) atoms. The standard InChI is InChI=1S/C12H11F3O5/c1-19-7-2-3-10(20-6-12(13,14)15)8(4-7)9(16)5-11(17)18/h2-4H,5-6H2,1H3,(H,17,18). The second kappa shape index (κ2) is 6.27. The summed E-state index contributed by atoms with van der Waals surface area (Å²) in [7, 11) is 1.30. The van der Waals surface area contributed by atoms with E-state index in [0.29, 0.717) is 0 Å². The molecule has 110 valence electrons. The molecule has 0 aliphatic heterocycles. The van der Waals surface area contributed by atoms with Gasteiger partial charge in [0.25, 0.3) is 0 Å². The molecule has 1 aromatic rings. The van der Waals surface area contributed by atoms with E-state index >= 15 is 0 Å². The van der Waals surface area contributed by atoms with E-state index in [4.69, 9.17) is 9.84 Å². The van der Waals surface area contributed by atoms with Crippen molar-refractivity contribution in [3.8, 4) is 11.5 Å². The summed E-state index contributed by atoms with van der Waals surface area (Å²) < 4.78 is 45.6. The van der Waals surface area contributed by atoms with Gasteiger partial charge in [-0.25, -0.2) is 0 Å². The van der Waals surface area contributed by atoms with Crippen LogP contribution >= 0.6 is 0 Å². The Hall–Kier alpha value is -2.25. The molecule has 0 spiro atoms. The van der Waals surface area contributed by atoms with Crippen molar-refractivity contribution in [3.63, 3.8) is 0 Å². The summed E-state index contributed by atoms with van der Waals surface area (Å²) in [6.45, 7) is -1.58. The summed E-state index contributed by atoms with van der Waals surface area (Å²) in [5.41, 5.74) is -0.268. The normalized spacial score (nSPS) is 11.0. The first-order chi connectivity index (χ1) is 9.23. The summed E-state index contributed by atoms with van der Waals surface area (Å²) in [5.74, 6) is -2.39. The van der Waals surface area contributed by atoms with Crippen LogP contribution in [0.3, 0.4) is 0 Å². The maximum absolute atomic E-state index is 12.1. The van der Waals surface area contributed by atoms with Crippen molar-refractivity contribution in [3.05, 3.63) is 23.8 Å². The Morgan fingerprint density at radius 2 is 1.95 bits per heavy atom. The maximum atomic E-state index is 12.1. The number of benzene rings is 1. The second-order valence-electron chi connectivity index (χ2n) is 3.76. The van der Waals surface area contributed by atoms with E-state index in [1.54, 1.807) is 0 Å². The number of halogens is 3. The summed E-state index contributed by atoms with van der Waals surface area (Å²) in [6, 6.07) is 3.57. The molecule has 0 radical (unpaired) electrons. The average molecular weight is 292 g/mol. The van der Waals surface area contributed by atoms with Gasteiger partial charge < -0.3 is 14.6 Å². The van der Waals surface area contributed by atoms with Crippen LogP contribution in [0.2, 0.25) is 0 Å². The lowest BCUT2D eigenvalue weighted by Gasteiger charge is -2.13. The molecule has 0 unspecified atom stereocenters.